The number of carbonyl (C=O) groups excluding carboxylic acids is 1. The zero-order valence-electron chi connectivity index (χ0n) is 15.8. The highest BCUT2D eigenvalue weighted by Gasteiger charge is 2.33. The van der Waals surface area contributed by atoms with E-state index in [9.17, 15) is 35.6 Å². The number of nitrogens with zero attached hydrogens (tertiary/aromatic N) is 3. The summed E-state index contributed by atoms with van der Waals surface area (Å²) in [5.41, 5.74) is -2.11. The zero-order chi connectivity index (χ0) is 23.0. The third kappa shape index (κ3) is 5.08. The van der Waals surface area contributed by atoms with Gasteiger partial charge in [-0.2, -0.15) is 17.5 Å². The molecule has 1 saturated heterocycles. The second-order valence-corrected chi connectivity index (χ2v) is 9.09. The molecule has 1 aliphatic heterocycles. The summed E-state index contributed by atoms with van der Waals surface area (Å²) < 4.78 is 78.8. The maximum atomic E-state index is 13.0. The molecule has 0 bridgehead atoms. The maximum Gasteiger partial charge on any atom is 0.417 e. The second-order valence-electron chi connectivity index (χ2n) is 6.75. The van der Waals surface area contributed by atoms with Crippen molar-refractivity contribution in [2.75, 3.05) is 26.2 Å². The summed E-state index contributed by atoms with van der Waals surface area (Å²) in [6, 6.07) is 4.79. The minimum Gasteiger partial charge on any atom is -0.339 e. The van der Waals surface area contributed by atoms with Gasteiger partial charge in [0.2, 0.25) is 15.9 Å². The largest absolute Gasteiger partial charge is 0.417 e. The van der Waals surface area contributed by atoms with Crippen molar-refractivity contribution < 1.29 is 30.8 Å². The molecule has 0 saturated carbocycles. The van der Waals surface area contributed by atoms with Gasteiger partial charge in [0.05, 0.1) is 10.5 Å². The molecule has 1 fully saturated rings. The first-order valence-electron chi connectivity index (χ1n) is 8.90. The van der Waals surface area contributed by atoms with Crippen LogP contribution in [-0.4, -0.2) is 54.3 Å². The molecule has 1 amide bonds. The van der Waals surface area contributed by atoms with Crippen LogP contribution < -0.4 is 5.56 Å². The fourth-order valence-electron chi connectivity index (χ4n) is 3.05. The zero-order valence-corrected chi connectivity index (χ0v) is 17.3. The molecule has 0 atom stereocenters. The van der Waals surface area contributed by atoms with Crippen LogP contribution in [0.1, 0.15) is 5.56 Å². The average molecular weight is 482 g/mol. The van der Waals surface area contributed by atoms with Gasteiger partial charge in [-0.3, -0.25) is 9.59 Å². The lowest BCUT2D eigenvalue weighted by atomic mass is 10.2. The van der Waals surface area contributed by atoms with Gasteiger partial charge in [-0.15, -0.1) is 0 Å². The quantitative estimate of drug-likeness (QED) is 0.627. The lowest BCUT2D eigenvalue weighted by Gasteiger charge is -2.34. The summed E-state index contributed by atoms with van der Waals surface area (Å²) in [7, 11) is -3.89. The van der Waals surface area contributed by atoms with Gasteiger partial charge in [-0.25, -0.2) is 12.8 Å². The number of benzene rings is 1. The third-order valence-corrected chi connectivity index (χ3v) is 6.90. The molecule has 0 aliphatic carbocycles. The molecule has 3 rings (SSSR count). The Morgan fingerprint density at radius 3 is 2.19 bits per heavy atom. The van der Waals surface area contributed by atoms with Gasteiger partial charge < -0.3 is 9.47 Å². The Bertz CT molecular complexity index is 1140. The Kier molecular flexibility index (Phi) is 6.44. The van der Waals surface area contributed by atoms with Crippen LogP contribution in [0.5, 0.6) is 0 Å². The number of pyridine rings is 1. The van der Waals surface area contributed by atoms with E-state index in [4.69, 9.17) is 11.6 Å². The van der Waals surface area contributed by atoms with Crippen LogP contribution >= 0.6 is 11.6 Å². The van der Waals surface area contributed by atoms with Crippen LogP contribution in [0, 0.1) is 5.82 Å². The first kappa shape index (κ1) is 23.2. The summed E-state index contributed by atoms with van der Waals surface area (Å²) in [6.07, 6.45) is -4.23. The third-order valence-electron chi connectivity index (χ3n) is 4.72. The molecular weight excluding hydrogens is 466 g/mol. The number of halogens is 5. The minimum absolute atomic E-state index is 0.0271. The SMILES string of the molecule is O=C(Cn1cc(C(F)(F)F)cc(Cl)c1=O)N1CCN(S(=O)(=O)c2ccc(F)cc2)CC1. The first-order valence-corrected chi connectivity index (χ1v) is 10.7. The Hall–Kier alpha value is -2.44. The van der Waals surface area contributed by atoms with Crippen LogP contribution in [0.15, 0.2) is 46.2 Å². The second kappa shape index (κ2) is 8.60. The predicted octanol–water partition coefficient (Wildman–Crippen LogP) is 2.19. The Morgan fingerprint density at radius 1 is 1.06 bits per heavy atom. The molecule has 168 valence electrons. The van der Waals surface area contributed by atoms with Crippen molar-refractivity contribution >= 4 is 27.5 Å². The summed E-state index contributed by atoms with van der Waals surface area (Å²) in [5.74, 6) is -1.24. The maximum absolute atomic E-state index is 13.0. The first-order chi connectivity index (χ1) is 14.4. The molecule has 7 nitrogen and oxygen atoms in total. The number of hydrogen-bond donors (Lipinski definition) is 0. The molecule has 31 heavy (non-hydrogen) atoms. The molecule has 1 aromatic carbocycles. The van der Waals surface area contributed by atoms with E-state index in [1.165, 1.54) is 4.90 Å². The minimum atomic E-state index is -4.75. The van der Waals surface area contributed by atoms with Crippen molar-refractivity contribution in [3.05, 3.63) is 63.3 Å². The summed E-state index contributed by atoms with van der Waals surface area (Å²) >= 11 is 5.58. The van der Waals surface area contributed by atoms with Crippen molar-refractivity contribution in [1.29, 1.82) is 0 Å². The normalized spacial score (nSPS) is 15.8. The molecule has 2 heterocycles. The van der Waals surface area contributed by atoms with Crippen LogP contribution in [0.3, 0.4) is 0 Å². The summed E-state index contributed by atoms with van der Waals surface area (Å²) in [4.78, 5) is 25.6. The van der Waals surface area contributed by atoms with Crippen molar-refractivity contribution in [2.24, 2.45) is 0 Å². The van der Waals surface area contributed by atoms with E-state index in [2.05, 4.69) is 0 Å². The molecule has 0 unspecified atom stereocenters. The molecular formula is C18H16ClF4N3O4S. The highest BCUT2D eigenvalue weighted by atomic mass is 35.5. The average Bonchev–Trinajstić information content (AvgIpc) is 2.71. The number of aromatic nitrogens is 1. The van der Waals surface area contributed by atoms with E-state index in [-0.39, 0.29) is 31.1 Å². The molecule has 0 radical (unpaired) electrons. The van der Waals surface area contributed by atoms with Crippen LogP contribution in [-0.2, 0) is 27.5 Å². The summed E-state index contributed by atoms with van der Waals surface area (Å²) in [5, 5.41) is -0.669. The standard InChI is InChI=1S/C18H16ClF4N3O4S/c19-15-9-12(18(21,22)23)10-25(17(15)28)11-16(27)24-5-7-26(8-6-24)31(29,30)14-3-1-13(20)2-4-14/h1-4,9-10H,5-8,11H2. The molecule has 1 aliphatic rings. The number of piperazine rings is 1. The Morgan fingerprint density at radius 2 is 1.65 bits per heavy atom. The summed E-state index contributed by atoms with van der Waals surface area (Å²) in [6.45, 7) is -0.859. The van der Waals surface area contributed by atoms with E-state index >= 15 is 0 Å². The van der Waals surface area contributed by atoms with Gasteiger partial charge in [-0.1, -0.05) is 11.6 Å². The van der Waals surface area contributed by atoms with E-state index in [1.807, 2.05) is 0 Å². The van der Waals surface area contributed by atoms with E-state index < -0.39 is 50.6 Å². The van der Waals surface area contributed by atoms with E-state index in [0.717, 1.165) is 28.6 Å². The van der Waals surface area contributed by atoms with Gasteiger partial charge in [0, 0.05) is 32.4 Å². The number of carbonyl (C=O) groups is 1. The molecule has 13 heteroatoms. The van der Waals surface area contributed by atoms with Gasteiger partial charge in [-0.05, 0) is 30.3 Å². The smallest absolute Gasteiger partial charge is 0.339 e. The van der Waals surface area contributed by atoms with E-state index in [0.29, 0.717) is 16.8 Å². The number of rotatable bonds is 4. The fourth-order valence-corrected chi connectivity index (χ4v) is 4.70. The fraction of sp³-hybridized carbons (Fsp3) is 0.333. The van der Waals surface area contributed by atoms with Crippen LogP contribution in [0.25, 0.3) is 0 Å². The monoisotopic (exact) mass is 481 g/mol. The lowest BCUT2D eigenvalue weighted by Crippen LogP contribution is -2.51. The van der Waals surface area contributed by atoms with Crippen molar-refractivity contribution in [2.45, 2.75) is 17.6 Å². The highest BCUT2D eigenvalue weighted by Crippen LogP contribution is 2.29. The Balaban J connectivity index is 1.69. The number of amides is 1. The van der Waals surface area contributed by atoms with Crippen LogP contribution in [0.2, 0.25) is 5.02 Å². The number of alkyl halides is 3. The lowest BCUT2D eigenvalue weighted by molar-refractivity contribution is -0.139. The van der Waals surface area contributed by atoms with Gasteiger partial charge >= 0.3 is 6.18 Å². The van der Waals surface area contributed by atoms with Gasteiger partial charge in [0.1, 0.15) is 17.4 Å². The van der Waals surface area contributed by atoms with E-state index in [1.54, 1.807) is 0 Å². The topological polar surface area (TPSA) is 79.7 Å². The van der Waals surface area contributed by atoms with Gasteiger partial charge in [0.25, 0.3) is 5.56 Å². The molecule has 1 aromatic heterocycles. The number of sulfonamides is 1. The van der Waals surface area contributed by atoms with Crippen molar-refractivity contribution in [3.63, 3.8) is 0 Å². The van der Waals surface area contributed by atoms with Crippen molar-refractivity contribution in [1.82, 2.24) is 13.8 Å². The molecule has 2 aromatic rings. The van der Waals surface area contributed by atoms with Gasteiger partial charge in [0.15, 0.2) is 0 Å². The molecule has 0 N–H and O–H groups in total. The predicted molar refractivity (Wildman–Crippen MR) is 102 cm³/mol. The van der Waals surface area contributed by atoms with Crippen molar-refractivity contribution in [3.8, 4) is 0 Å². The Labute approximate surface area is 179 Å². The highest BCUT2D eigenvalue weighted by molar-refractivity contribution is 7.89. The number of hydrogen-bond acceptors (Lipinski definition) is 4. The van der Waals surface area contributed by atoms with Crippen LogP contribution in [0.4, 0.5) is 17.6 Å². The molecule has 0 spiro atoms.